The van der Waals surface area contributed by atoms with E-state index in [1.807, 2.05) is 29.4 Å². The molecule has 0 saturated carbocycles. The number of hydrogen-bond donors (Lipinski definition) is 1. The first-order valence-electron chi connectivity index (χ1n) is 8.74. The molecule has 2 heterocycles. The molecule has 4 nitrogen and oxygen atoms in total. The fraction of sp³-hybridized carbons (Fsp3) is 0.400. The van der Waals surface area contributed by atoms with E-state index in [4.69, 9.17) is 5.11 Å². The third-order valence-corrected chi connectivity index (χ3v) is 4.96. The number of halogens is 1. The summed E-state index contributed by atoms with van der Waals surface area (Å²) in [6.45, 7) is 1.16. The van der Waals surface area contributed by atoms with Crippen LogP contribution in [0.5, 0.6) is 0 Å². The lowest BCUT2D eigenvalue weighted by atomic mass is 9.90. The van der Waals surface area contributed by atoms with E-state index >= 15 is 0 Å². The lowest BCUT2D eigenvalue weighted by Crippen LogP contribution is -2.38. The van der Waals surface area contributed by atoms with Crippen LogP contribution < -0.4 is 0 Å². The molecule has 0 bridgehead atoms. The number of likely N-dealkylation sites (tertiary alicyclic amines) is 1. The van der Waals surface area contributed by atoms with Crippen LogP contribution in [-0.2, 0) is 17.8 Å². The van der Waals surface area contributed by atoms with Gasteiger partial charge in [0.05, 0.1) is 6.61 Å². The highest BCUT2D eigenvalue weighted by Gasteiger charge is 2.23. The van der Waals surface area contributed by atoms with E-state index in [2.05, 4.69) is 4.98 Å². The van der Waals surface area contributed by atoms with Gasteiger partial charge in [-0.3, -0.25) is 9.78 Å². The molecule has 1 aliphatic rings. The van der Waals surface area contributed by atoms with Crippen molar-refractivity contribution in [2.75, 3.05) is 13.1 Å². The van der Waals surface area contributed by atoms with Gasteiger partial charge in [-0.15, -0.1) is 0 Å². The van der Waals surface area contributed by atoms with Gasteiger partial charge in [-0.25, -0.2) is 4.39 Å². The molecule has 0 atom stereocenters. The maximum absolute atomic E-state index is 14.1. The van der Waals surface area contributed by atoms with Crippen molar-refractivity contribution in [2.24, 2.45) is 0 Å². The predicted molar refractivity (Wildman–Crippen MR) is 93.4 cm³/mol. The highest BCUT2D eigenvalue weighted by atomic mass is 19.1. The number of piperidine rings is 1. The largest absolute Gasteiger partial charge is 0.392 e. The molecule has 1 amide bonds. The normalized spacial score (nSPS) is 15.4. The van der Waals surface area contributed by atoms with E-state index in [1.165, 1.54) is 5.56 Å². The zero-order valence-corrected chi connectivity index (χ0v) is 14.2. The van der Waals surface area contributed by atoms with Gasteiger partial charge in [-0.05, 0) is 48.4 Å². The summed E-state index contributed by atoms with van der Waals surface area (Å²) >= 11 is 0. The number of hydrogen-bond acceptors (Lipinski definition) is 3. The quantitative estimate of drug-likeness (QED) is 0.909. The summed E-state index contributed by atoms with van der Waals surface area (Å²) in [5.41, 5.74) is 2.06. The van der Waals surface area contributed by atoms with Crippen LogP contribution in [0.2, 0.25) is 0 Å². The number of aliphatic hydroxyl groups excluding tert-OH is 1. The maximum atomic E-state index is 14.1. The van der Waals surface area contributed by atoms with Crippen molar-refractivity contribution in [1.29, 1.82) is 0 Å². The molecule has 132 valence electrons. The van der Waals surface area contributed by atoms with Crippen LogP contribution in [-0.4, -0.2) is 34.0 Å². The minimum Gasteiger partial charge on any atom is -0.392 e. The standard InChI is InChI=1S/C20H23FN2O2/c21-20-17(2-1-3-18(20)14-24)4-5-19(25)23-12-8-16(9-13-23)15-6-10-22-11-7-15/h1-3,6-7,10-11,16,24H,4-5,8-9,12-14H2. The van der Waals surface area contributed by atoms with Crippen molar-refractivity contribution < 1.29 is 14.3 Å². The number of carbonyl (C=O) groups excluding carboxylic acids is 1. The first-order chi connectivity index (χ1) is 12.2. The summed E-state index contributed by atoms with van der Waals surface area (Å²) in [5, 5.41) is 9.12. The number of benzene rings is 1. The Balaban J connectivity index is 1.52. The maximum Gasteiger partial charge on any atom is 0.222 e. The zero-order chi connectivity index (χ0) is 17.6. The topological polar surface area (TPSA) is 53.4 Å². The summed E-state index contributed by atoms with van der Waals surface area (Å²) in [5.74, 6) is 0.155. The highest BCUT2D eigenvalue weighted by Crippen LogP contribution is 2.28. The number of nitrogens with zero attached hydrogens (tertiary/aromatic N) is 2. The summed E-state index contributed by atoms with van der Waals surface area (Å²) in [6, 6.07) is 9.04. The highest BCUT2D eigenvalue weighted by molar-refractivity contribution is 5.76. The van der Waals surface area contributed by atoms with Gasteiger partial charge in [0.1, 0.15) is 5.82 Å². The minimum atomic E-state index is -0.394. The molecular formula is C20H23FN2O2. The van der Waals surface area contributed by atoms with Gasteiger partial charge >= 0.3 is 0 Å². The smallest absolute Gasteiger partial charge is 0.222 e. The third kappa shape index (κ3) is 4.23. The second-order valence-corrected chi connectivity index (χ2v) is 6.48. The lowest BCUT2D eigenvalue weighted by Gasteiger charge is -2.32. The molecule has 0 radical (unpaired) electrons. The molecule has 0 unspecified atom stereocenters. The average molecular weight is 342 g/mol. The van der Waals surface area contributed by atoms with Gasteiger partial charge in [0.2, 0.25) is 5.91 Å². The molecular weight excluding hydrogens is 319 g/mol. The van der Waals surface area contributed by atoms with Gasteiger partial charge in [0.25, 0.3) is 0 Å². The molecule has 0 spiro atoms. The van der Waals surface area contributed by atoms with Gasteiger partial charge in [-0.2, -0.15) is 0 Å². The molecule has 0 aliphatic carbocycles. The van der Waals surface area contributed by atoms with E-state index in [9.17, 15) is 9.18 Å². The second kappa shape index (κ2) is 8.21. The van der Waals surface area contributed by atoms with Crippen LogP contribution in [0.3, 0.4) is 0 Å². The fourth-order valence-electron chi connectivity index (χ4n) is 3.45. The predicted octanol–water partition coefficient (Wildman–Crippen LogP) is 3.05. The monoisotopic (exact) mass is 342 g/mol. The molecule has 1 aliphatic heterocycles. The van der Waals surface area contributed by atoms with Crippen LogP contribution in [0.25, 0.3) is 0 Å². The number of aryl methyl sites for hydroxylation is 1. The Kier molecular flexibility index (Phi) is 5.76. The number of rotatable bonds is 5. The summed E-state index contributed by atoms with van der Waals surface area (Å²) in [4.78, 5) is 18.4. The van der Waals surface area contributed by atoms with E-state index in [0.717, 1.165) is 25.9 Å². The van der Waals surface area contributed by atoms with Gasteiger partial charge in [0, 0.05) is 37.5 Å². The van der Waals surface area contributed by atoms with Gasteiger partial charge in [-0.1, -0.05) is 18.2 Å². The number of carbonyl (C=O) groups is 1. The molecule has 5 heteroatoms. The first-order valence-corrected chi connectivity index (χ1v) is 8.74. The molecule has 1 saturated heterocycles. The number of pyridine rings is 1. The van der Waals surface area contributed by atoms with Crippen LogP contribution >= 0.6 is 0 Å². The second-order valence-electron chi connectivity index (χ2n) is 6.48. The van der Waals surface area contributed by atoms with Crippen molar-refractivity contribution in [3.63, 3.8) is 0 Å². The van der Waals surface area contributed by atoms with Crippen molar-refractivity contribution in [1.82, 2.24) is 9.88 Å². The molecule has 1 N–H and O–H groups in total. The van der Waals surface area contributed by atoms with Crippen molar-refractivity contribution >= 4 is 5.91 Å². The fourth-order valence-corrected chi connectivity index (χ4v) is 3.45. The summed E-state index contributed by atoms with van der Waals surface area (Å²) in [6.07, 6.45) is 6.17. The number of aromatic nitrogens is 1. The van der Waals surface area contributed by atoms with Gasteiger partial charge < -0.3 is 10.0 Å². The molecule has 1 aromatic carbocycles. The first kappa shape index (κ1) is 17.5. The summed E-state index contributed by atoms with van der Waals surface area (Å²) in [7, 11) is 0. The minimum absolute atomic E-state index is 0.0713. The van der Waals surface area contributed by atoms with E-state index < -0.39 is 5.82 Å². The van der Waals surface area contributed by atoms with Crippen LogP contribution in [0.4, 0.5) is 4.39 Å². The molecule has 1 aromatic heterocycles. The molecule has 1 fully saturated rings. The van der Waals surface area contributed by atoms with E-state index in [1.54, 1.807) is 18.2 Å². The van der Waals surface area contributed by atoms with Crippen LogP contribution in [0.15, 0.2) is 42.7 Å². The Bertz CT molecular complexity index is 713. The van der Waals surface area contributed by atoms with Gasteiger partial charge in [0.15, 0.2) is 0 Å². The molecule has 3 rings (SSSR count). The lowest BCUT2D eigenvalue weighted by molar-refractivity contribution is -0.132. The Labute approximate surface area is 147 Å². The SMILES string of the molecule is O=C(CCc1cccc(CO)c1F)N1CCC(c2ccncc2)CC1. The average Bonchev–Trinajstić information content (AvgIpc) is 2.68. The Morgan fingerprint density at radius 1 is 1.16 bits per heavy atom. The Hall–Kier alpha value is -2.27. The molecule has 2 aromatic rings. The van der Waals surface area contributed by atoms with Crippen molar-refractivity contribution in [3.8, 4) is 0 Å². The van der Waals surface area contributed by atoms with Crippen molar-refractivity contribution in [2.45, 2.75) is 38.2 Å². The van der Waals surface area contributed by atoms with Crippen molar-refractivity contribution in [3.05, 3.63) is 65.2 Å². The van der Waals surface area contributed by atoms with Crippen LogP contribution in [0, 0.1) is 5.82 Å². The van der Waals surface area contributed by atoms with Crippen LogP contribution in [0.1, 0.15) is 41.9 Å². The summed E-state index contributed by atoms with van der Waals surface area (Å²) < 4.78 is 14.1. The number of aliphatic hydroxyl groups is 1. The van der Waals surface area contributed by atoms with E-state index in [0.29, 0.717) is 24.3 Å². The number of amides is 1. The van der Waals surface area contributed by atoms with E-state index in [-0.39, 0.29) is 18.1 Å². The Morgan fingerprint density at radius 2 is 1.84 bits per heavy atom. The Morgan fingerprint density at radius 3 is 2.52 bits per heavy atom. The third-order valence-electron chi connectivity index (χ3n) is 4.96. The zero-order valence-electron chi connectivity index (χ0n) is 14.2. The molecule has 25 heavy (non-hydrogen) atoms.